The Morgan fingerprint density at radius 1 is 1.35 bits per heavy atom. The minimum absolute atomic E-state index is 0.140. The Kier molecular flexibility index (Phi) is 6.06. The zero-order chi connectivity index (χ0) is 14.2. The van der Waals surface area contributed by atoms with Crippen LogP contribution in [-0.2, 0) is 11.2 Å². The molecule has 1 aliphatic rings. The molecule has 2 rings (SSSR count). The Bertz CT molecular complexity index is 425. The van der Waals surface area contributed by atoms with Crippen LogP contribution in [0.1, 0.15) is 51.0 Å². The van der Waals surface area contributed by atoms with Gasteiger partial charge in [-0.05, 0) is 43.9 Å². The van der Waals surface area contributed by atoms with E-state index in [1.807, 2.05) is 18.2 Å². The fourth-order valence-electron chi connectivity index (χ4n) is 2.82. The molecule has 3 nitrogen and oxygen atoms in total. The van der Waals surface area contributed by atoms with E-state index < -0.39 is 0 Å². The van der Waals surface area contributed by atoms with Crippen LogP contribution in [-0.4, -0.2) is 18.5 Å². The van der Waals surface area contributed by atoms with Crippen LogP contribution in [0.3, 0.4) is 0 Å². The smallest absolute Gasteiger partial charge is 0.224 e. The molecular formula is C17H26N2O. The molecular weight excluding hydrogens is 248 g/mol. The van der Waals surface area contributed by atoms with Gasteiger partial charge in [-0.3, -0.25) is 4.79 Å². The van der Waals surface area contributed by atoms with Gasteiger partial charge in [0.25, 0.3) is 0 Å². The van der Waals surface area contributed by atoms with Gasteiger partial charge in [0, 0.05) is 18.2 Å². The van der Waals surface area contributed by atoms with E-state index in [0.717, 1.165) is 31.5 Å². The zero-order valence-electron chi connectivity index (χ0n) is 12.5. The number of hydrogen-bond donors (Lipinski definition) is 2. The molecule has 1 heterocycles. The molecule has 0 spiro atoms. The third-order valence-electron chi connectivity index (χ3n) is 3.94. The summed E-state index contributed by atoms with van der Waals surface area (Å²) >= 11 is 0. The monoisotopic (exact) mass is 274 g/mol. The molecule has 1 aliphatic heterocycles. The van der Waals surface area contributed by atoms with Crippen molar-refractivity contribution in [3.8, 4) is 0 Å². The van der Waals surface area contributed by atoms with Crippen LogP contribution in [0, 0.1) is 0 Å². The van der Waals surface area contributed by atoms with Gasteiger partial charge in [0.1, 0.15) is 0 Å². The molecule has 1 atom stereocenters. The topological polar surface area (TPSA) is 41.1 Å². The molecule has 1 fully saturated rings. The van der Waals surface area contributed by atoms with Crippen molar-refractivity contribution in [2.45, 2.75) is 57.9 Å². The predicted octanol–water partition coefficient (Wildman–Crippen LogP) is 3.50. The predicted molar refractivity (Wildman–Crippen MR) is 83.9 cm³/mol. The highest BCUT2D eigenvalue weighted by Crippen LogP contribution is 2.18. The first-order valence-corrected chi connectivity index (χ1v) is 7.90. The summed E-state index contributed by atoms with van der Waals surface area (Å²) in [7, 11) is 0. The minimum Gasteiger partial charge on any atom is -0.326 e. The van der Waals surface area contributed by atoms with Gasteiger partial charge in [0.15, 0.2) is 0 Å². The van der Waals surface area contributed by atoms with E-state index in [1.165, 1.54) is 24.8 Å². The normalized spacial score (nSPS) is 18.8. The van der Waals surface area contributed by atoms with Crippen molar-refractivity contribution in [1.82, 2.24) is 5.32 Å². The Balaban J connectivity index is 1.81. The summed E-state index contributed by atoms with van der Waals surface area (Å²) in [5.41, 5.74) is 2.22. The van der Waals surface area contributed by atoms with Gasteiger partial charge in [0.05, 0.1) is 0 Å². The van der Waals surface area contributed by atoms with Crippen LogP contribution in [0.15, 0.2) is 24.3 Å². The summed E-state index contributed by atoms with van der Waals surface area (Å²) in [6, 6.07) is 8.65. The number of nitrogens with one attached hydrogen (secondary N) is 2. The molecule has 0 aliphatic carbocycles. The molecule has 1 saturated heterocycles. The van der Waals surface area contributed by atoms with Crippen LogP contribution in [0.2, 0.25) is 0 Å². The number of para-hydroxylation sites is 1. The minimum atomic E-state index is 0.140. The molecule has 0 radical (unpaired) electrons. The zero-order valence-corrected chi connectivity index (χ0v) is 12.5. The number of piperidine rings is 1. The molecule has 3 heteroatoms. The number of rotatable bonds is 6. The lowest BCUT2D eigenvalue weighted by Gasteiger charge is -2.23. The van der Waals surface area contributed by atoms with Crippen LogP contribution in [0.4, 0.5) is 5.69 Å². The second kappa shape index (κ2) is 8.05. The summed E-state index contributed by atoms with van der Waals surface area (Å²) in [5, 5.41) is 6.56. The number of aryl methyl sites for hydroxylation is 1. The Labute approximate surface area is 122 Å². The average Bonchev–Trinajstić information content (AvgIpc) is 2.49. The van der Waals surface area contributed by atoms with Crippen molar-refractivity contribution in [1.29, 1.82) is 0 Å². The lowest BCUT2D eigenvalue weighted by atomic mass is 10.0. The number of hydrogen-bond acceptors (Lipinski definition) is 2. The number of amides is 1. The highest BCUT2D eigenvalue weighted by atomic mass is 16.1. The van der Waals surface area contributed by atoms with Gasteiger partial charge in [0.2, 0.25) is 5.91 Å². The second-order valence-electron chi connectivity index (χ2n) is 5.64. The van der Waals surface area contributed by atoms with E-state index in [-0.39, 0.29) is 5.91 Å². The lowest BCUT2D eigenvalue weighted by molar-refractivity contribution is -0.116. The van der Waals surface area contributed by atoms with E-state index in [9.17, 15) is 4.79 Å². The van der Waals surface area contributed by atoms with Crippen LogP contribution in [0.25, 0.3) is 0 Å². The maximum Gasteiger partial charge on any atom is 0.224 e. The van der Waals surface area contributed by atoms with Gasteiger partial charge < -0.3 is 10.6 Å². The quantitative estimate of drug-likeness (QED) is 0.833. The van der Waals surface area contributed by atoms with Crippen LogP contribution in [0.5, 0.6) is 0 Å². The SMILES string of the molecule is CCCc1ccccc1NC(=O)CCC1CCCCN1. The Morgan fingerprint density at radius 3 is 2.95 bits per heavy atom. The molecule has 1 amide bonds. The van der Waals surface area contributed by atoms with E-state index in [0.29, 0.717) is 12.5 Å². The van der Waals surface area contributed by atoms with Crippen molar-refractivity contribution in [3.63, 3.8) is 0 Å². The van der Waals surface area contributed by atoms with E-state index in [2.05, 4.69) is 23.6 Å². The summed E-state index contributed by atoms with van der Waals surface area (Å²) in [6.45, 7) is 3.26. The average molecular weight is 274 g/mol. The first-order chi connectivity index (χ1) is 9.79. The standard InChI is InChI=1S/C17H26N2O/c1-2-7-14-8-3-4-10-16(14)19-17(20)12-11-15-9-5-6-13-18-15/h3-4,8,10,15,18H,2,5-7,9,11-13H2,1H3,(H,19,20). The molecule has 1 unspecified atom stereocenters. The summed E-state index contributed by atoms with van der Waals surface area (Å²) in [4.78, 5) is 12.1. The fraction of sp³-hybridized carbons (Fsp3) is 0.588. The number of benzene rings is 1. The van der Waals surface area contributed by atoms with Gasteiger partial charge in [-0.25, -0.2) is 0 Å². The number of anilines is 1. The van der Waals surface area contributed by atoms with E-state index >= 15 is 0 Å². The first-order valence-electron chi connectivity index (χ1n) is 7.90. The molecule has 1 aromatic carbocycles. The summed E-state index contributed by atoms with van der Waals surface area (Å²) in [5.74, 6) is 0.140. The maximum absolute atomic E-state index is 12.1. The maximum atomic E-state index is 12.1. The number of carbonyl (C=O) groups is 1. The van der Waals surface area contributed by atoms with E-state index in [4.69, 9.17) is 0 Å². The third-order valence-corrected chi connectivity index (χ3v) is 3.94. The second-order valence-corrected chi connectivity index (χ2v) is 5.64. The largest absolute Gasteiger partial charge is 0.326 e. The van der Waals surface area contributed by atoms with Crippen LogP contribution < -0.4 is 10.6 Å². The van der Waals surface area contributed by atoms with Crippen LogP contribution >= 0.6 is 0 Å². The third kappa shape index (κ3) is 4.64. The molecule has 110 valence electrons. The van der Waals surface area contributed by atoms with Gasteiger partial charge >= 0.3 is 0 Å². The van der Waals surface area contributed by atoms with Gasteiger partial charge in [-0.1, -0.05) is 38.0 Å². The van der Waals surface area contributed by atoms with Crippen molar-refractivity contribution < 1.29 is 4.79 Å². The van der Waals surface area contributed by atoms with Crippen molar-refractivity contribution in [3.05, 3.63) is 29.8 Å². The summed E-state index contributed by atoms with van der Waals surface area (Å²) in [6.07, 6.45) is 7.44. The Morgan fingerprint density at radius 2 is 2.20 bits per heavy atom. The molecule has 0 bridgehead atoms. The molecule has 20 heavy (non-hydrogen) atoms. The first kappa shape index (κ1) is 15.0. The fourth-order valence-corrected chi connectivity index (χ4v) is 2.82. The molecule has 0 saturated carbocycles. The van der Waals surface area contributed by atoms with Crippen molar-refractivity contribution >= 4 is 11.6 Å². The van der Waals surface area contributed by atoms with Gasteiger partial charge in [-0.2, -0.15) is 0 Å². The van der Waals surface area contributed by atoms with Crippen molar-refractivity contribution in [2.24, 2.45) is 0 Å². The molecule has 0 aromatic heterocycles. The number of carbonyl (C=O) groups excluding carboxylic acids is 1. The highest BCUT2D eigenvalue weighted by molar-refractivity contribution is 5.91. The Hall–Kier alpha value is -1.35. The van der Waals surface area contributed by atoms with Gasteiger partial charge in [-0.15, -0.1) is 0 Å². The molecule has 1 aromatic rings. The van der Waals surface area contributed by atoms with Crippen molar-refractivity contribution in [2.75, 3.05) is 11.9 Å². The highest BCUT2D eigenvalue weighted by Gasteiger charge is 2.14. The lowest BCUT2D eigenvalue weighted by Crippen LogP contribution is -2.34. The summed E-state index contributed by atoms with van der Waals surface area (Å²) < 4.78 is 0. The molecule has 2 N–H and O–H groups in total. The van der Waals surface area contributed by atoms with E-state index in [1.54, 1.807) is 0 Å².